The minimum Gasteiger partial charge on any atom is -0.360 e. The van der Waals surface area contributed by atoms with Crippen molar-refractivity contribution in [2.75, 3.05) is 0 Å². The first-order chi connectivity index (χ1) is 12.0. The van der Waals surface area contributed by atoms with Gasteiger partial charge in [0.2, 0.25) is 5.43 Å². The molecular formula is C20H17FN2O2. The molecule has 2 N–H and O–H groups in total. The minimum absolute atomic E-state index is 0.00174. The second-order valence-corrected chi connectivity index (χ2v) is 6.44. The van der Waals surface area contributed by atoms with Crippen molar-refractivity contribution in [3.63, 3.8) is 0 Å². The molecule has 0 aliphatic heterocycles. The predicted octanol–water partition coefficient (Wildman–Crippen LogP) is 3.39. The number of hydrogen-bond acceptors (Lipinski definition) is 2. The topological polar surface area (TPSA) is 62.0 Å². The van der Waals surface area contributed by atoms with Gasteiger partial charge in [-0.15, -0.1) is 0 Å². The van der Waals surface area contributed by atoms with E-state index in [1.54, 1.807) is 6.92 Å². The molecule has 1 aromatic heterocycles. The Hall–Kier alpha value is -2.95. The van der Waals surface area contributed by atoms with E-state index >= 15 is 0 Å². The Kier molecular flexibility index (Phi) is 3.64. The van der Waals surface area contributed by atoms with E-state index < -0.39 is 17.2 Å². The predicted molar refractivity (Wildman–Crippen MR) is 94.2 cm³/mol. The van der Waals surface area contributed by atoms with Crippen LogP contribution in [0, 0.1) is 12.7 Å². The first-order valence-electron chi connectivity index (χ1n) is 8.25. The molecule has 4 nitrogen and oxygen atoms in total. The van der Waals surface area contributed by atoms with Crippen molar-refractivity contribution in [2.24, 2.45) is 0 Å². The molecule has 0 fully saturated rings. The van der Waals surface area contributed by atoms with Gasteiger partial charge >= 0.3 is 0 Å². The van der Waals surface area contributed by atoms with Gasteiger partial charge in [0.25, 0.3) is 5.91 Å². The maximum Gasteiger partial charge on any atom is 0.257 e. The third-order valence-electron chi connectivity index (χ3n) is 4.83. The van der Waals surface area contributed by atoms with Crippen molar-refractivity contribution in [3.05, 3.63) is 80.9 Å². The van der Waals surface area contributed by atoms with Crippen LogP contribution < -0.4 is 10.7 Å². The van der Waals surface area contributed by atoms with Crippen LogP contribution in [0.4, 0.5) is 4.39 Å². The molecular weight excluding hydrogens is 319 g/mol. The highest BCUT2D eigenvalue weighted by Crippen LogP contribution is 2.30. The molecule has 1 aliphatic carbocycles. The fourth-order valence-electron chi connectivity index (χ4n) is 3.58. The molecule has 0 saturated heterocycles. The van der Waals surface area contributed by atoms with E-state index in [1.165, 1.54) is 23.9 Å². The highest BCUT2D eigenvalue weighted by Gasteiger charge is 2.25. The monoisotopic (exact) mass is 336 g/mol. The van der Waals surface area contributed by atoms with E-state index in [0.29, 0.717) is 11.1 Å². The Morgan fingerprint density at radius 3 is 2.92 bits per heavy atom. The molecule has 0 radical (unpaired) electrons. The van der Waals surface area contributed by atoms with Gasteiger partial charge in [-0.05, 0) is 48.6 Å². The zero-order valence-corrected chi connectivity index (χ0v) is 13.7. The number of nitrogens with one attached hydrogen (secondary N) is 2. The van der Waals surface area contributed by atoms with Crippen LogP contribution in [0.2, 0.25) is 0 Å². The van der Waals surface area contributed by atoms with Crippen LogP contribution in [0.1, 0.15) is 39.5 Å². The number of amides is 1. The molecule has 1 atom stereocenters. The molecule has 1 amide bonds. The Morgan fingerprint density at radius 2 is 2.08 bits per heavy atom. The summed E-state index contributed by atoms with van der Waals surface area (Å²) in [7, 11) is 0. The lowest BCUT2D eigenvalue weighted by molar-refractivity contribution is 0.0935. The minimum atomic E-state index is -0.488. The number of aromatic amines is 1. The van der Waals surface area contributed by atoms with Crippen molar-refractivity contribution in [1.82, 2.24) is 10.3 Å². The van der Waals surface area contributed by atoms with Gasteiger partial charge in [-0.2, -0.15) is 0 Å². The molecule has 0 spiro atoms. The van der Waals surface area contributed by atoms with Crippen LogP contribution in [0.15, 0.2) is 47.4 Å². The van der Waals surface area contributed by atoms with Crippen molar-refractivity contribution in [2.45, 2.75) is 25.8 Å². The number of carbonyl (C=O) groups excluding carboxylic acids is 1. The molecule has 5 heteroatoms. The number of halogens is 1. The summed E-state index contributed by atoms with van der Waals surface area (Å²) in [5, 5.41) is 3.13. The van der Waals surface area contributed by atoms with E-state index in [1.807, 2.05) is 18.2 Å². The fourth-order valence-corrected chi connectivity index (χ4v) is 3.58. The summed E-state index contributed by atoms with van der Waals surface area (Å²) in [5.41, 5.74) is 3.04. The molecule has 0 saturated carbocycles. The highest BCUT2D eigenvalue weighted by atomic mass is 19.1. The number of H-pyrrole nitrogens is 1. The molecule has 4 rings (SSSR count). The molecule has 2 aromatic carbocycles. The van der Waals surface area contributed by atoms with E-state index in [-0.39, 0.29) is 17.0 Å². The molecule has 1 aliphatic rings. The number of pyridine rings is 1. The second-order valence-electron chi connectivity index (χ2n) is 6.44. The molecule has 1 heterocycles. The quantitative estimate of drug-likeness (QED) is 0.753. The van der Waals surface area contributed by atoms with Crippen LogP contribution in [0.25, 0.3) is 10.9 Å². The number of fused-ring (bicyclic) bond motifs is 2. The van der Waals surface area contributed by atoms with Crippen LogP contribution in [0.5, 0.6) is 0 Å². The molecule has 126 valence electrons. The zero-order chi connectivity index (χ0) is 17.6. The largest absolute Gasteiger partial charge is 0.360 e. The highest BCUT2D eigenvalue weighted by molar-refractivity contribution is 5.97. The lowest BCUT2D eigenvalue weighted by Gasteiger charge is -2.14. The lowest BCUT2D eigenvalue weighted by atomic mass is 10.1. The van der Waals surface area contributed by atoms with Gasteiger partial charge in [0.1, 0.15) is 11.4 Å². The van der Waals surface area contributed by atoms with Crippen LogP contribution in [-0.4, -0.2) is 10.9 Å². The summed E-state index contributed by atoms with van der Waals surface area (Å²) in [6.45, 7) is 1.72. The van der Waals surface area contributed by atoms with Gasteiger partial charge in [-0.1, -0.05) is 24.3 Å². The fraction of sp³-hybridized carbons (Fsp3) is 0.200. The molecule has 3 aromatic rings. The third-order valence-corrected chi connectivity index (χ3v) is 4.83. The molecule has 0 bridgehead atoms. The normalized spacial score (nSPS) is 16.0. The SMILES string of the molecule is Cc1cc(F)cc2c(=O)c(C(=O)NC3CCc4ccccc43)c[nH]c12. The van der Waals surface area contributed by atoms with Gasteiger partial charge in [-0.25, -0.2) is 4.39 Å². The Bertz CT molecular complexity index is 1060. The second kappa shape index (κ2) is 5.84. The number of aryl methyl sites for hydroxylation is 2. The summed E-state index contributed by atoms with van der Waals surface area (Å²) in [6.07, 6.45) is 3.12. The van der Waals surface area contributed by atoms with E-state index in [2.05, 4.69) is 16.4 Å². The summed E-state index contributed by atoms with van der Waals surface area (Å²) in [5.74, 6) is -0.926. The average Bonchev–Trinajstić information content (AvgIpc) is 2.99. The number of benzene rings is 2. The summed E-state index contributed by atoms with van der Waals surface area (Å²) in [6, 6.07) is 10.4. The summed E-state index contributed by atoms with van der Waals surface area (Å²) in [4.78, 5) is 28.2. The van der Waals surface area contributed by atoms with Gasteiger partial charge in [0, 0.05) is 11.6 Å². The summed E-state index contributed by atoms with van der Waals surface area (Å²) >= 11 is 0. The zero-order valence-electron chi connectivity index (χ0n) is 13.7. The van der Waals surface area contributed by atoms with E-state index in [4.69, 9.17) is 0 Å². The van der Waals surface area contributed by atoms with E-state index in [0.717, 1.165) is 18.4 Å². The summed E-state index contributed by atoms with van der Waals surface area (Å²) < 4.78 is 13.6. The van der Waals surface area contributed by atoms with Crippen molar-refractivity contribution in [3.8, 4) is 0 Å². The maximum absolute atomic E-state index is 13.6. The first kappa shape index (κ1) is 15.6. The van der Waals surface area contributed by atoms with Crippen LogP contribution in [0.3, 0.4) is 0 Å². The van der Waals surface area contributed by atoms with Crippen molar-refractivity contribution >= 4 is 16.8 Å². The number of aromatic nitrogens is 1. The van der Waals surface area contributed by atoms with Gasteiger partial charge in [0.15, 0.2) is 0 Å². The lowest BCUT2D eigenvalue weighted by Crippen LogP contribution is -2.31. The van der Waals surface area contributed by atoms with Gasteiger partial charge in [-0.3, -0.25) is 9.59 Å². The third kappa shape index (κ3) is 2.61. The first-order valence-corrected chi connectivity index (χ1v) is 8.25. The van der Waals surface area contributed by atoms with Gasteiger partial charge in [0.05, 0.1) is 11.6 Å². The van der Waals surface area contributed by atoms with Gasteiger partial charge < -0.3 is 10.3 Å². The van der Waals surface area contributed by atoms with Crippen molar-refractivity contribution < 1.29 is 9.18 Å². The van der Waals surface area contributed by atoms with Crippen LogP contribution in [-0.2, 0) is 6.42 Å². The number of carbonyl (C=O) groups is 1. The van der Waals surface area contributed by atoms with Crippen LogP contribution >= 0.6 is 0 Å². The maximum atomic E-state index is 13.6. The Balaban J connectivity index is 1.70. The molecule has 1 unspecified atom stereocenters. The Morgan fingerprint density at radius 1 is 1.28 bits per heavy atom. The Labute approximate surface area is 143 Å². The standard InChI is InChI=1S/C20H17FN2O2/c1-11-8-13(21)9-15-18(11)22-10-16(19(15)24)20(25)23-17-7-6-12-4-2-3-5-14(12)17/h2-5,8-10,17H,6-7H2,1H3,(H,22,24)(H,23,25). The molecule has 25 heavy (non-hydrogen) atoms. The number of hydrogen-bond donors (Lipinski definition) is 2. The van der Waals surface area contributed by atoms with E-state index in [9.17, 15) is 14.0 Å². The number of rotatable bonds is 2. The smallest absolute Gasteiger partial charge is 0.257 e. The average molecular weight is 336 g/mol. The van der Waals surface area contributed by atoms with Crippen molar-refractivity contribution in [1.29, 1.82) is 0 Å².